The SMILES string of the molecule is NCC1CCC(C(=O)Nc2cccc(OC(F)F)c2)CC1. The van der Waals surface area contributed by atoms with E-state index in [0.717, 1.165) is 25.7 Å². The number of nitrogens with one attached hydrogen (secondary N) is 1. The van der Waals surface area contributed by atoms with Crippen LogP contribution in [0.15, 0.2) is 24.3 Å². The fraction of sp³-hybridized carbons (Fsp3) is 0.533. The van der Waals surface area contributed by atoms with Gasteiger partial charge in [0.2, 0.25) is 5.91 Å². The lowest BCUT2D eigenvalue weighted by molar-refractivity contribution is -0.121. The Balaban J connectivity index is 1.90. The lowest BCUT2D eigenvalue weighted by atomic mass is 9.81. The maximum atomic E-state index is 12.2. The number of carbonyl (C=O) groups excluding carboxylic acids is 1. The number of hydrogen-bond acceptors (Lipinski definition) is 3. The summed E-state index contributed by atoms with van der Waals surface area (Å²) in [6.45, 7) is -2.20. The van der Waals surface area contributed by atoms with Crippen molar-refractivity contribution >= 4 is 11.6 Å². The summed E-state index contributed by atoms with van der Waals surface area (Å²) in [4.78, 5) is 12.2. The van der Waals surface area contributed by atoms with Gasteiger partial charge in [0.25, 0.3) is 0 Å². The van der Waals surface area contributed by atoms with Crippen LogP contribution in [0.1, 0.15) is 25.7 Å². The van der Waals surface area contributed by atoms with E-state index < -0.39 is 6.61 Å². The molecule has 1 aliphatic rings. The fourth-order valence-corrected chi connectivity index (χ4v) is 2.65. The second-order valence-corrected chi connectivity index (χ2v) is 5.35. The van der Waals surface area contributed by atoms with Gasteiger partial charge >= 0.3 is 6.61 Å². The van der Waals surface area contributed by atoms with Crippen molar-refractivity contribution in [2.24, 2.45) is 17.6 Å². The highest BCUT2D eigenvalue weighted by Crippen LogP contribution is 2.29. The number of nitrogens with two attached hydrogens (primary N) is 1. The maximum Gasteiger partial charge on any atom is 0.387 e. The average molecular weight is 298 g/mol. The number of alkyl halides is 2. The van der Waals surface area contributed by atoms with Crippen molar-refractivity contribution in [2.75, 3.05) is 11.9 Å². The van der Waals surface area contributed by atoms with Gasteiger partial charge in [0.05, 0.1) is 0 Å². The minimum atomic E-state index is -2.87. The van der Waals surface area contributed by atoms with Crippen molar-refractivity contribution in [3.63, 3.8) is 0 Å². The van der Waals surface area contributed by atoms with E-state index in [1.165, 1.54) is 12.1 Å². The van der Waals surface area contributed by atoms with Crippen molar-refractivity contribution in [2.45, 2.75) is 32.3 Å². The van der Waals surface area contributed by atoms with Crippen LogP contribution in [0.4, 0.5) is 14.5 Å². The zero-order valence-corrected chi connectivity index (χ0v) is 11.7. The Morgan fingerprint density at radius 2 is 2.05 bits per heavy atom. The van der Waals surface area contributed by atoms with Crippen LogP contribution in [0.25, 0.3) is 0 Å². The number of benzene rings is 1. The minimum Gasteiger partial charge on any atom is -0.435 e. The molecule has 6 heteroatoms. The molecule has 0 atom stereocenters. The van der Waals surface area contributed by atoms with Crippen LogP contribution in [0.3, 0.4) is 0 Å². The number of anilines is 1. The van der Waals surface area contributed by atoms with E-state index in [0.29, 0.717) is 18.2 Å². The maximum absolute atomic E-state index is 12.2. The molecule has 1 aromatic rings. The minimum absolute atomic E-state index is 0.0347. The monoisotopic (exact) mass is 298 g/mol. The first-order valence-corrected chi connectivity index (χ1v) is 7.14. The Labute approximate surface area is 122 Å². The van der Waals surface area contributed by atoms with E-state index in [4.69, 9.17) is 5.73 Å². The van der Waals surface area contributed by atoms with E-state index >= 15 is 0 Å². The first-order chi connectivity index (χ1) is 10.1. The lowest BCUT2D eigenvalue weighted by Gasteiger charge is -2.26. The molecule has 0 saturated heterocycles. The highest BCUT2D eigenvalue weighted by atomic mass is 19.3. The molecular formula is C15H20F2N2O2. The van der Waals surface area contributed by atoms with E-state index in [1.54, 1.807) is 12.1 Å². The standard InChI is InChI=1S/C15H20F2N2O2/c16-15(17)21-13-3-1-2-12(8-13)19-14(20)11-6-4-10(9-18)5-7-11/h1-3,8,10-11,15H,4-7,9,18H2,(H,19,20). The summed E-state index contributed by atoms with van der Waals surface area (Å²) in [5.74, 6) is 0.443. The van der Waals surface area contributed by atoms with Gasteiger partial charge in [-0.3, -0.25) is 4.79 Å². The number of ether oxygens (including phenoxy) is 1. The van der Waals surface area contributed by atoms with Gasteiger partial charge in [0.1, 0.15) is 5.75 Å². The van der Waals surface area contributed by atoms with E-state index in [9.17, 15) is 13.6 Å². The molecule has 1 aromatic carbocycles. The normalized spacial score (nSPS) is 22.1. The predicted octanol–water partition coefficient (Wildman–Crippen LogP) is 2.99. The van der Waals surface area contributed by atoms with E-state index in [2.05, 4.69) is 10.1 Å². The Morgan fingerprint density at radius 1 is 1.33 bits per heavy atom. The van der Waals surface area contributed by atoms with Gasteiger partial charge in [-0.25, -0.2) is 0 Å². The summed E-state index contributed by atoms with van der Waals surface area (Å²) in [5, 5.41) is 2.76. The summed E-state index contributed by atoms with van der Waals surface area (Å²) in [7, 11) is 0. The Bertz CT molecular complexity index is 474. The van der Waals surface area contributed by atoms with Gasteiger partial charge < -0.3 is 15.8 Å². The van der Waals surface area contributed by atoms with Crippen molar-refractivity contribution in [3.05, 3.63) is 24.3 Å². The molecule has 3 N–H and O–H groups in total. The smallest absolute Gasteiger partial charge is 0.387 e. The van der Waals surface area contributed by atoms with Crippen molar-refractivity contribution < 1.29 is 18.3 Å². The molecule has 0 spiro atoms. The summed E-state index contributed by atoms with van der Waals surface area (Å²) >= 11 is 0. The topological polar surface area (TPSA) is 64.4 Å². The highest BCUT2D eigenvalue weighted by molar-refractivity contribution is 5.92. The van der Waals surface area contributed by atoms with E-state index in [-0.39, 0.29) is 17.6 Å². The van der Waals surface area contributed by atoms with Gasteiger partial charge in [0, 0.05) is 17.7 Å². The molecular weight excluding hydrogens is 278 g/mol. The third-order valence-electron chi connectivity index (χ3n) is 3.88. The number of hydrogen-bond donors (Lipinski definition) is 2. The molecule has 0 aliphatic heterocycles. The molecule has 1 amide bonds. The van der Waals surface area contributed by atoms with E-state index in [1.807, 2.05) is 0 Å². The highest BCUT2D eigenvalue weighted by Gasteiger charge is 2.25. The first-order valence-electron chi connectivity index (χ1n) is 7.14. The molecule has 1 aliphatic carbocycles. The summed E-state index contributed by atoms with van der Waals surface area (Å²) in [6.07, 6.45) is 3.56. The number of carbonyl (C=O) groups is 1. The molecule has 116 valence electrons. The zero-order chi connectivity index (χ0) is 15.2. The van der Waals surface area contributed by atoms with Crippen LogP contribution in [0.5, 0.6) is 5.75 Å². The van der Waals surface area contributed by atoms with Crippen LogP contribution in [-0.4, -0.2) is 19.1 Å². The molecule has 0 heterocycles. The van der Waals surface area contributed by atoms with Gasteiger partial charge in [-0.05, 0) is 50.3 Å². The summed E-state index contributed by atoms with van der Waals surface area (Å²) < 4.78 is 28.6. The quantitative estimate of drug-likeness (QED) is 0.878. The molecule has 2 rings (SSSR count). The van der Waals surface area contributed by atoms with Gasteiger partial charge in [-0.15, -0.1) is 0 Å². The molecule has 0 unspecified atom stereocenters. The summed E-state index contributed by atoms with van der Waals surface area (Å²) in [5.41, 5.74) is 6.10. The number of rotatable bonds is 5. The van der Waals surface area contributed by atoms with Crippen LogP contribution in [0, 0.1) is 11.8 Å². The molecule has 4 nitrogen and oxygen atoms in total. The lowest BCUT2D eigenvalue weighted by Crippen LogP contribution is -2.29. The average Bonchev–Trinajstić information content (AvgIpc) is 2.47. The Hall–Kier alpha value is -1.69. The molecule has 1 fully saturated rings. The van der Waals surface area contributed by atoms with Gasteiger partial charge in [0.15, 0.2) is 0 Å². The fourth-order valence-electron chi connectivity index (χ4n) is 2.65. The predicted molar refractivity (Wildman–Crippen MR) is 76.2 cm³/mol. The number of amides is 1. The van der Waals surface area contributed by atoms with Gasteiger partial charge in [-0.2, -0.15) is 8.78 Å². The third kappa shape index (κ3) is 4.67. The van der Waals surface area contributed by atoms with Crippen molar-refractivity contribution in [1.29, 1.82) is 0 Å². The van der Waals surface area contributed by atoms with Gasteiger partial charge in [-0.1, -0.05) is 6.07 Å². The Morgan fingerprint density at radius 3 is 2.67 bits per heavy atom. The van der Waals surface area contributed by atoms with Crippen molar-refractivity contribution in [3.8, 4) is 5.75 Å². The molecule has 21 heavy (non-hydrogen) atoms. The zero-order valence-electron chi connectivity index (χ0n) is 11.7. The van der Waals surface area contributed by atoms with Crippen molar-refractivity contribution in [1.82, 2.24) is 0 Å². The van der Waals surface area contributed by atoms with Crippen LogP contribution in [0.2, 0.25) is 0 Å². The molecule has 1 saturated carbocycles. The molecule has 0 aromatic heterocycles. The van der Waals surface area contributed by atoms with Crippen LogP contribution in [-0.2, 0) is 4.79 Å². The second-order valence-electron chi connectivity index (χ2n) is 5.35. The van der Waals surface area contributed by atoms with Crippen LogP contribution >= 0.6 is 0 Å². The third-order valence-corrected chi connectivity index (χ3v) is 3.88. The second kappa shape index (κ2) is 7.36. The molecule has 0 radical (unpaired) electrons. The van der Waals surface area contributed by atoms with Crippen LogP contribution < -0.4 is 15.8 Å². The molecule has 0 bridgehead atoms. The first kappa shape index (κ1) is 15.7. The Kier molecular flexibility index (Phi) is 5.50. The summed E-state index contributed by atoms with van der Waals surface area (Å²) in [6, 6.07) is 6.05. The number of halogens is 2. The largest absolute Gasteiger partial charge is 0.435 e.